The molecule has 0 aliphatic carbocycles. The molecule has 0 spiro atoms. The average Bonchev–Trinajstić information content (AvgIpc) is 2.90. The first-order valence-electron chi connectivity index (χ1n) is 10.2. The minimum atomic E-state index is -0.230. The van der Waals surface area contributed by atoms with E-state index in [-0.39, 0.29) is 10.2 Å². The molecule has 1 N–H and O–H groups in total. The number of hydrogen-bond acceptors (Lipinski definition) is 4. The van der Waals surface area contributed by atoms with Gasteiger partial charge in [0.25, 0.3) is 0 Å². The van der Waals surface area contributed by atoms with Gasteiger partial charge in [0.15, 0.2) is 0 Å². The van der Waals surface area contributed by atoms with Gasteiger partial charge in [-0.05, 0) is 61.7 Å². The zero-order valence-electron chi connectivity index (χ0n) is 18.4. The summed E-state index contributed by atoms with van der Waals surface area (Å²) in [6.45, 7) is 12.1. The summed E-state index contributed by atoms with van der Waals surface area (Å²) in [4.78, 5) is 3.66. The molecule has 3 nitrogen and oxygen atoms in total. The first-order chi connectivity index (χ1) is 13.7. The van der Waals surface area contributed by atoms with E-state index < -0.39 is 0 Å². The Kier molecular flexibility index (Phi) is 6.13. The van der Waals surface area contributed by atoms with E-state index in [9.17, 15) is 0 Å². The van der Waals surface area contributed by atoms with Crippen molar-refractivity contribution in [2.75, 3.05) is 18.6 Å². The molecule has 0 saturated heterocycles. The summed E-state index contributed by atoms with van der Waals surface area (Å²) >= 11 is 1.92. The van der Waals surface area contributed by atoms with Crippen LogP contribution < -0.4 is 9.64 Å². The van der Waals surface area contributed by atoms with Gasteiger partial charge in [-0.1, -0.05) is 39.0 Å². The van der Waals surface area contributed by atoms with Gasteiger partial charge >= 0.3 is 0 Å². The van der Waals surface area contributed by atoms with Crippen LogP contribution in [0, 0.1) is 5.41 Å². The molecule has 1 aliphatic rings. The second-order valence-corrected chi connectivity index (χ2v) is 10.5. The summed E-state index contributed by atoms with van der Waals surface area (Å²) in [5, 5.41) is 7.78. The monoisotopic (exact) mass is 408 g/mol. The highest BCUT2D eigenvalue weighted by atomic mass is 32.2. The molecule has 2 aromatic rings. The SMILES string of the molecule is CCN1/C(=C\C=N)C(C)(Cc2ccccc2SC(C)(C)C)c2cc(OC)ccc21. The Balaban J connectivity index is 2.15. The Bertz CT molecular complexity index is 929. The van der Waals surface area contributed by atoms with E-state index in [0.717, 1.165) is 18.7 Å². The second kappa shape index (κ2) is 8.27. The van der Waals surface area contributed by atoms with Crippen LogP contribution in [0.4, 0.5) is 5.69 Å². The molecule has 4 heteroatoms. The number of hydrogen-bond donors (Lipinski definition) is 1. The summed E-state index contributed by atoms with van der Waals surface area (Å²) in [5.74, 6) is 0.875. The average molecular weight is 409 g/mol. The molecule has 1 atom stereocenters. The molecule has 0 saturated carbocycles. The van der Waals surface area contributed by atoms with Gasteiger partial charge in [0.2, 0.25) is 0 Å². The van der Waals surface area contributed by atoms with Crippen molar-refractivity contribution in [2.45, 2.75) is 56.1 Å². The van der Waals surface area contributed by atoms with E-state index in [1.807, 2.05) is 23.9 Å². The number of anilines is 1. The standard InChI is InChI=1S/C25H32N2OS/c1-7-27-21-13-12-19(28-6)16-20(21)25(5,23(27)14-15-26)17-18-10-8-9-11-22(18)29-24(2,3)4/h8-16,26H,7,17H2,1-6H3/b23-14-,26-15?. The van der Waals surface area contributed by atoms with Gasteiger partial charge in [-0.2, -0.15) is 0 Å². The fourth-order valence-electron chi connectivity index (χ4n) is 4.22. The van der Waals surface area contributed by atoms with E-state index in [2.05, 4.69) is 75.9 Å². The van der Waals surface area contributed by atoms with Crippen LogP contribution in [-0.2, 0) is 11.8 Å². The van der Waals surface area contributed by atoms with Crippen molar-refractivity contribution in [3.8, 4) is 5.75 Å². The van der Waals surface area contributed by atoms with Gasteiger partial charge in [-0.15, -0.1) is 11.8 Å². The normalized spacial score (nSPS) is 20.1. The maximum atomic E-state index is 7.78. The van der Waals surface area contributed by atoms with Crippen molar-refractivity contribution in [1.82, 2.24) is 0 Å². The molecule has 3 rings (SSSR count). The van der Waals surface area contributed by atoms with Crippen molar-refractivity contribution in [1.29, 1.82) is 5.41 Å². The van der Waals surface area contributed by atoms with Gasteiger partial charge in [0, 0.05) is 39.2 Å². The molecule has 0 bridgehead atoms. The molecule has 0 fully saturated rings. The van der Waals surface area contributed by atoms with Crippen molar-refractivity contribution in [3.63, 3.8) is 0 Å². The molecule has 0 radical (unpaired) electrons. The number of nitrogens with one attached hydrogen (secondary N) is 1. The Labute approximate surface area is 179 Å². The number of fused-ring (bicyclic) bond motifs is 1. The summed E-state index contributed by atoms with van der Waals surface area (Å²) in [6, 6.07) is 15.1. The van der Waals surface area contributed by atoms with Crippen LogP contribution in [0.3, 0.4) is 0 Å². The maximum Gasteiger partial charge on any atom is 0.119 e. The number of rotatable bonds is 6. The smallest absolute Gasteiger partial charge is 0.119 e. The highest BCUT2D eigenvalue weighted by Crippen LogP contribution is 2.51. The molecule has 1 heterocycles. The molecular formula is C25H32N2OS. The largest absolute Gasteiger partial charge is 0.497 e. The lowest BCUT2D eigenvalue weighted by Gasteiger charge is -2.31. The molecular weight excluding hydrogens is 376 g/mol. The fraction of sp³-hybridized carbons (Fsp3) is 0.400. The van der Waals surface area contributed by atoms with Crippen LogP contribution in [0.15, 0.2) is 59.1 Å². The third kappa shape index (κ3) is 4.23. The summed E-state index contributed by atoms with van der Waals surface area (Å²) in [6.07, 6.45) is 4.24. The van der Waals surface area contributed by atoms with Crippen LogP contribution in [0.1, 0.15) is 45.7 Å². The highest BCUT2D eigenvalue weighted by Gasteiger charge is 2.43. The van der Waals surface area contributed by atoms with Gasteiger partial charge in [-0.3, -0.25) is 0 Å². The van der Waals surface area contributed by atoms with E-state index in [1.165, 1.54) is 33.6 Å². The lowest BCUT2D eigenvalue weighted by atomic mass is 9.76. The molecule has 1 aliphatic heterocycles. The van der Waals surface area contributed by atoms with Gasteiger partial charge in [-0.25, -0.2) is 0 Å². The summed E-state index contributed by atoms with van der Waals surface area (Å²) < 4.78 is 5.70. The third-order valence-corrected chi connectivity index (χ3v) is 6.67. The first-order valence-corrected chi connectivity index (χ1v) is 11.0. The van der Waals surface area contributed by atoms with Crippen LogP contribution in [-0.4, -0.2) is 24.6 Å². The first kappa shape index (κ1) is 21.5. The van der Waals surface area contributed by atoms with Gasteiger partial charge in [0.1, 0.15) is 5.75 Å². The van der Waals surface area contributed by atoms with Gasteiger partial charge < -0.3 is 15.0 Å². The Hall–Kier alpha value is -2.20. The number of methoxy groups -OCH3 is 1. The number of likely N-dealkylation sites (N-methyl/N-ethyl adjacent to an activating group) is 1. The van der Waals surface area contributed by atoms with E-state index in [1.54, 1.807) is 7.11 Å². The number of ether oxygens (including phenoxy) is 1. The summed E-state index contributed by atoms with van der Waals surface area (Å²) in [7, 11) is 1.72. The quantitative estimate of drug-likeness (QED) is 0.440. The lowest BCUT2D eigenvalue weighted by Crippen LogP contribution is -2.31. The topological polar surface area (TPSA) is 36.3 Å². The van der Waals surface area contributed by atoms with Crippen LogP contribution >= 0.6 is 11.8 Å². The number of benzene rings is 2. The van der Waals surface area contributed by atoms with Crippen LogP contribution in [0.5, 0.6) is 5.75 Å². The fourth-order valence-corrected chi connectivity index (χ4v) is 5.30. The molecule has 154 valence electrons. The van der Waals surface area contributed by atoms with E-state index >= 15 is 0 Å². The maximum absolute atomic E-state index is 7.78. The van der Waals surface area contributed by atoms with Crippen molar-refractivity contribution in [2.24, 2.45) is 0 Å². The minimum Gasteiger partial charge on any atom is -0.497 e. The molecule has 29 heavy (non-hydrogen) atoms. The summed E-state index contributed by atoms with van der Waals surface area (Å²) in [5.41, 5.74) is 4.77. The Morgan fingerprint density at radius 3 is 2.52 bits per heavy atom. The van der Waals surface area contributed by atoms with Crippen molar-refractivity contribution < 1.29 is 4.74 Å². The van der Waals surface area contributed by atoms with Crippen LogP contribution in [0.2, 0.25) is 0 Å². The zero-order chi connectivity index (χ0) is 21.2. The van der Waals surface area contributed by atoms with E-state index in [0.29, 0.717) is 0 Å². The molecule has 2 aromatic carbocycles. The molecule has 0 amide bonds. The van der Waals surface area contributed by atoms with Gasteiger partial charge in [0.05, 0.1) is 7.11 Å². The minimum absolute atomic E-state index is 0.150. The number of nitrogens with zero attached hydrogens (tertiary/aromatic N) is 1. The predicted molar refractivity (Wildman–Crippen MR) is 126 cm³/mol. The Morgan fingerprint density at radius 2 is 1.90 bits per heavy atom. The highest BCUT2D eigenvalue weighted by molar-refractivity contribution is 8.00. The Morgan fingerprint density at radius 1 is 1.17 bits per heavy atom. The predicted octanol–water partition coefficient (Wildman–Crippen LogP) is 6.46. The lowest BCUT2D eigenvalue weighted by molar-refractivity contribution is 0.413. The molecule has 0 aromatic heterocycles. The zero-order valence-corrected chi connectivity index (χ0v) is 19.2. The van der Waals surface area contributed by atoms with Crippen molar-refractivity contribution in [3.05, 3.63) is 65.4 Å². The number of thioether (sulfide) groups is 1. The third-order valence-electron chi connectivity index (χ3n) is 5.44. The second-order valence-electron chi connectivity index (χ2n) is 8.68. The van der Waals surface area contributed by atoms with E-state index in [4.69, 9.17) is 10.1 Å². The van der Waals surface area contributed by atoms with Crippen LogP contribution in [0.25, 0.3) is 0 Å². The van der Waals surface area contributed by atoms with Crippen molar-refractivity contribution >= 4 is 23.7 Å². The molecule has 1 unspecified atom stereocenters. The number of allylic oxidation sites excluding steroid dienone is 2.